The summed E-state index contributed by atoms with van der Waals surface area (Å²) in [6.07, 6.45) is 5.07. The van der Waals surface area contributed by atoms with Crippen molar-refractivity contribution in [2.24, 2.45) is 0 Å². The highest BCUT2D eigenvalue weighted by Gasteiger charge is 2.26. The zero-order chi connectivity index (χ0) is 20.2. The van der Waals surface area contributed by atoms with Crippen molar-refractivity contribution in [3.63, 3.8) is 0 Å². The van der Waals surface area contributed by atoms with Crippen LogP contribution in [0, 0.1) is 0 Å². The van der Waals surface area contributed by atoms with E-state index in [1.165, 1.54) is 12.0 Å². The van der Waals surface area contributed by atoms with E-state index in [0.29, 0.717) is 19.1 Å². The molecule has 154 valence electrons. The molecule has 0 saturated carbocycles. The van der Waals surface area contributed by atoms with Crippen LogP contribution in [0.1, 0.15) is 55.3 Å². The fourth-order valence-electron chi connectivity index (χ4n) is 4.32. The number of piperidine rings is 1. The minimum atomic E-state index is 0.122. The SMILES string of the molecule is CCOc1ccc(CN2CCC[C@H](c3ncc4c(n3)CCN(C(C)=O)C4)C2)cc1. The van der Waals surface area contributed by atoms with Gasteiger partial charge in [0.2, 0.25) is 5.91 Å². The number of amides is 1. The average molecular weight is 395 g/mol. The Morgan fingerprint density at radius 1 is 1.24 bits per heavy atom. The number of carbonyl (C=O) groups excluding carboxylic acids is 1. The highest BCUT2D eigenvalue weighted by atomic mass is 16.5. The summed E-state index contributed by atoms with van der Waals surface area (Å²) in [5, 5.41) is 0. The molecule has 1 atom stereocenters. The van der Waals surface area contributed by atoms with E-state index in [-0.39, 0.29) is 5.91 Å². The normalized spacial score (nSPS) is 19.7. The lowest BCUT2D eigenvalue weighted by Gasteiger charge is -2.33. The Bertz CT molecular complexity index is 852. The zero-order valence-electron chi connectivity index (χ0n) is 17.4. The van der Waals surface area contributed by atoms with Crippen LogP contribution in [0.15, 0.2) is 30.5 Å². The van der Waals surface area contributed by atoms with Crippen LogP contribution in [0.2, 0.25) is 0 Å². The summed E-state index contributed by atoms with van der Waals surface area (Å²) < 4.78 is 5.54. The maximum Gasteiger partial charge on any atom is 0.219 e. The van der Waals surface area contributed by atoms with E-state index in [1.807, 2.05) is 18.0 Å². The molecular weight excluding hydrogens is 364 g/mol. The lowest BCUT2D eigenvalue weighted by molar-refractivity contribution is -0.129. The van der Waals surface area contributed by atoms with Gasteiger partial charge in [-0.1, -0.05) is 12.1 Å². The van der Waals surface area contributed by atoms with Crippen LogP contribution < -0.4 is 4.74 Å². The number of aromatic nitrogens is 2. The van der Waals surface area contributed by atoms with Gasteiger partial charge in [0.25, 0.3) is 0 Å². The first-order valence-electron chi connectivity index (χ1n) is 10.7. The molecule has 2 aliphatic heterocycles. The highest BCUT2D eigenvalue weighted by molar-refractivity contribution is 5.73. The number of ether oxygens (including phenoxy) is 1. The molecule has 0 spiro atoms. The van der Waals surface area contributed by atoms with Gasteiger partial charge < -0.3 is 9.64 Å². The summed E-state index contributed by atoms with van der Waals surface area (Å²) in [6.45, 7) is 8.77. The van der Waals surface area contributed by atoms with Crippen LogP contribution in [0.5, 0.6) is 5.75 Å². The molecule has 3 heterocycles. The van der Waals surface area contributed by atoms with Crippen LogP contribution in [-0.4, -0.2) is 51.9 Å². The second kappa shape index (κ2) is 8.91. The quantitative estimate of drug-likeness (QED) is 0.780. The number of hydrogen-bond donors (Lipinski definition) is 0. The summed E-state index contributed by atoms with van der Waals surface area (Å²) in [7, 11) is 0. The average Bonchev–Trinajstić information content (AvgIpc) is 2.75. The van der Waals surface area contributed by atoms with Gasteiger partial charge in [-0.3, -0.25) is 9.69 Å². The molecule has 1 aromatic heterocycles. The van der Waals surface area contributed by atoms with Gasteiger partial charge in [-0.15, -0.1) is 0 Å². The van der Waals surface area contributed by atoms with E-state index in [1.54, 1.807) is 6.92 Å². The number of hydrogen-bond acceptors (Lipinski definition) is 5. The number of likely N-dealkylation sites (tertiary alicyclic amines) is 1. The standard InChI is InChI=1S/C23H30N4O2/c1-3-29-21-8-6-18(7-9-21)14-26-11-4-5-19(15-26)23-24-13-20-16-27(17(2)28)12-10-22(20)25-23/h6-9,13,19H,3-5,10-12,14-16H2,1-2H3/t19-/m0/s1. The summed E-state index contributed by atoms with van der Waals surface area (Å²) in [6, 6.07) is 8.42. The lowest BCUT2D eigenvalue weighted by Crippen LogP contribution is -2.36. The van der Waals surface area contributed by atoms with Gasteiger partial charge in [-0.25, -0.2) is 9.97 Å². The smallest absolute Gasteiger partial charge is 0.219 e. The van der Waals surface area contributed by atoms with Gasteiger partial charge in [0.05, 0.1) is 12.3 Å². The summed E-state index contributed by atoms with van der Waals surface area (Å²) in [5.41, 5.74) is 3.53. The molecule has 6 nitrogen and oxygen atoms in total. The zero-order valence-corrected chi connectivity index (χ0v) is 17.4. The first-order valence-corrected chi connectivity index (χ1v) is 10.7. The van der Waals surface area contributed by atoms with Gasteiger partial charge in [-0.2, -0.15) is 0 Å². The van der Waals surface area contributed by atoms with Crippen molar-refractivity contribution < 1.29 is 9.53 Å². The van der Waals surface area contributed by atoms with Gasteiger partial charge >= 0.3 is 0 Å². The van der Waals surface area contributed by atoms with Gasteiger partial charge in [-0.05, 0) is 44.0 Å². The molecule has 2 aliphatic rings. The Hall–Kier alpha value is -2.47. The monoisotopic (exact) mass is 394 g/mol. The molecule has 0 bridgehead atoms. The molecule has 1 amide bonds. The predicted molar refractivity (Wildman–Crippen MR) is 112 cm³/mol. The van der Waals surface area contributed by atoms with E-state index in [9.17, 15) is 4.79 Å². The largest absolute Gasteiger partial charge is 0.494 e. The molecule has 2 aromatic rings. The van der Waals surface area contributed by atoms with Crippen molar-refractivity contribution >= 4 is 5.91 Å². The molecule has 0 radical (unpaired) electrons. The topological polar surface area (TPSA) is 58.6 Å². The van der Waals surface area contributed by atoms with Gasteiger partial charge in [0.1, 0.15) is 11.6 Å². The molecule has 29 heavy (non-hydrogen) atoms. The first kappa shape index (κ1) is 19.8. The van der Waals surface area contributed by atoms with Crippen LogP contribution in [0.25, 0.3) is 0 Å². The minimum absolute atomic E-state index is 0.122. The third-order valence-corrected chi connectivity index (χ3v) is 5.91. The summed E-state index contributed by atoms with van der Waals surface area (Å²) >= 11 is 0. The van der Waals surface area contributed by atoms with Crippen molar-refractivity contribution in [1.29, 1.82) is 0 Å². The minimum Gasteiger partial charge on any atom is -0.494 e. The van der Waals surface area contributed by atoms with Crippen LogP contribution >= 0.6 is 0 Å². The number of rotatable bonds is 5. The molecule has 1 aromatic carbocycles. The molecule has 1 saturated heterocycles. The van der Waals surface area contributed by atoms with Crippen molar-refractivity contribution in [2.45, 2.75) is 52.1 Å². The Morgan fingerprint density at radius 2 is 2.07 bits per heavy atom. The third-order valence-electron chi connectivity index (χ3n) is 5.91. The molecule has 4 rings (SSSR count). The Morgan fingerprint density at radius 3 is 2.83 bits per heavy atom. The number of benzene rings is 1. The van der Waals surface area contributed by atoms with Gasteiger partial charge in [0, 0.05) is 57.2 Å². The maximum absolute atomic E-state index is 11.6. The molecule has 6 heteroatoms. The van der Waals surface area contributed by atoms with E-state index < -0.39 is 0 Å². The summed E-state index contributed by atoms with van der Waals surface area (Å²) in [5.74, 6) is 2.40. The fourth-order valence-corrected chi connectivity index (χ4v) is 4.32. The second-order valence-corrected chi connectivity index (χ2v) is 8.04. The molecule has 0 unspecified atom stereocenters. The molecule has 1 fully saturated rings. The first-order chi connectivity index (χ1) is 14.1. The Balaban J connectivity index is 1.40. The van der Waals surface area contributed by atoms with Crippen molar-refractivity contribution in [2.75, 3.05) is 26.2 Å². The molecular formula is C23H30N4O2. The molecule has 0 N–H and O–H groups in total. The second-order valence-electron chi connectivity index (χ2n) is 8.04. The number of carbonyl (C=O) groups is 1. The summed E-state index contributed by atoms with van der Waals surface area (Å²) in [4.78, 5) is 25.6. The third kappa shape index (κ3) is 4.75. The Kier molecular flexibility index (Phi) is 6.09. The van der Waals surface area contributed by atoms with E-state index in [2.05, 4.69) is 29.2 Å². The van der Waals surface area contributed by atoms with E-state index in [0.717, 1.165) is 61.9 Å². The number of nitrogens with zero attached hydrogens (tertiary/aromatic N) is 4. The van der Waals surface area contributed by atoms with Gasteiger partial charge in [0.15, 0.2) is 0 Å². The number of fused-ring (bicyclic) bond motifs is 1. The van der Waals surface area contributed by atoms with Crippen molar-refractivity contribution in [3.8, 4) is 5.75 Å². The molecule has 0 aliphatic carbocycles. The fraction of sp³-hybridized carbons (Fsp3) is 0.522. The van der Waals surface area contributed by atoms with E-state index in [4.69, 9.17) is 14.7 Å². The van der Waals surface area contributed by atoms with Crippen LogP contribution in [0.4, 0.5) is 0 Å². The van der Waals surface area contributed by atoms with Crippen molar-refractivity contribution in [1.82, 2.24) is 19.8 Å². The van der Waals surface area contributed by atoms with Crippen LogP contribution in [0.3, 0.4) is 0 Å². The highest BCUT2D eigenvalue weighted by Crippen LogP contribution is 2.27. The predicted octanol–water partition coefficient (Wildman–Crippen LogP) is 3.16. The van der Waals surface area contributed by atoms with E-state index >= 15 is 0 Å². The maximum atomic E-state index is 11.6. The Labute approximate surface area is 172 Å². The van der Waals surface area contributed by atoms with Crippen LogP contribution in [-0.2, 0) is 24.3 Å². The van der Waals surface area contributed by atoms with Crippen molar-refractivity contribution in [3.05, 3.63) is 53.1 Å². The lowest BCUT2D eigenvalue weighted by atomic mass is 9.96.